The number of rotatable bonds is 7. The third-order valence-electron chi connectivity index (χ3n) is 5.94. The maximum atomic E-state index is 13.5. The lowest BCUT2D eigenvalue weighted by Crippen LogP contribution is -2.50. The van der Waals surface area contributed by atoms with Gasteiger partial charge in [0, 0.05) is 18.4 Å². The Labute approximate surface area is 250 Å². The van der Waals surface area contributed by atoms with Gasteiger partial charge in [0.1, 0.15) is 23.1 Å². The van der Waals surface area contributed by atoms with Crippen molar-refractivity contribution in [3.05, 3.63) is 48.7 Å². The molecule has 234 valence electrons. The zero-order valence-electron chi connectivity index (χ0n) is 25.0. The Kier molecular flexibility index (Phi) is 10.0. The molecule has 2 atom stereocenters. The summed E-state index contributed by atoms with van der Waals surface area (Å²) in [6.45, 7) is 9.21. The average molecular weight is 619 g/mol. The molecule has 2 aromatic rings. The summed E-state index contributed by atoms with van der Waals surface area (Å²) >= 11 is 0. The van der Waals surface area contributed by atoms with Gasteiger partial charge in [-0.3, -0.25) is 19.2 Å². The van der Waals surface area contributed by atoms with E-state index in [0.717, 1.165) is 9.80 Å². The minimum absolute atomic E-state index is 0.0687. The first-order valence-electron chi connectivity index (χ1n) is 13.5. The highest BCUT2D eigenvalue weighted by molar-refractivity contribution is 7.92. The molecule has 2 heterocycles. The van der Waals surface area contributed by atoms with Gasteiger partial charge in [0.25, 0.3) is 10.0 Å². The summed E-state index contributed by atoms with van der Waals surface area (Å²) in [4.78, 5) is 58.2. The molecular weight excluding hydrogens is 580 g/mol. The predicted octanol–water partition coefficient (Wildman–Crippen LogP) is 2.92. The predicted molar refractivity (Wildman–Crippen MR) is 157 cm³/mol. The molecular formula is C28H38N6O8S. The second-order valence-electron chi connectivity index (χ2n) is 11.8. The number of likely N-dealkylation sites (tertiary alicyclic amines) is 1. The molecule has 0 aliphatic carbocycles. The Morgan fingerprint density at radius 1 is 1.00 bits per heavy atom. The number of nitrogens with two attached hydrogens (primary N) is 1. The highest BCUT2D eigenvalue weighted by Crippen LogP contribution is 2.28. The molecule has 3 rings (SSSR count). The summed E-state index contributed by atoms with van der Waals surface area (Å²) < 4.78 is 38.7. The van der Waals surface area contributed by atoms with Crippen LogP contribution in [0.4, 0.5) is 21.1 Å². The minimum Gasteiger partial charge on any atom is -0.444 e. The molecule has 0 saturated carbocycles. The molecule has 1 aromatic heterocycles. The van der Waals surface area contributed by atoms with Crippen LogP contribution in [-0.4, -0.2) is 83.6 Å². The van der Waals surface area contributed by atoms with Crippen LogP contribution in [0.5, 0.6) is 0 Å². The van der Waals surface area contributed by atoms with E-state index >= 15 is 0 Å². The number of anilines is 2. The summed E-state index contributed by atoms with van der Waals surface area (Å²) in [6.07, 6.45) is -0.435. The van der Waals surface area contributed by atoms with Crippen LogP contribution in [0.1, 0.15) is 48.0 Å². The number of aromatic nitrogens is 1. The summed E-state index contributed by atoms with van der Waals surface area (Å²) in [5.41, 5.74) is 4.01. The molecule has 1 aliphatic rings. The van der Waals surface area contributed by atoms with E-state index in [0.29, 0.717) is 0 Å². The second-order valence-corrected chi connectivity index (χ2v) is 13.5. The normalized spacial score (nSPS) is 17.1. The van der Waals surface area contributed by atoms with Gasteiger partial charge in [-0.2, -0.15) is 0 Å². The Bertz CT molecular complexity index is 1440. The maximum absolute atomic E-state index is 13.5. The van der Waals surface area contributed by atoms with E-state index < -0.39 is 63.9 Å². The Morgan fingerprint density at radius 3 is 2.16 bits per heavy atom. The van der Waals surface area contributed by atoms with Crippen molar-refractivity contribution in [1.82, 2.24) is 14.8 Å². The zero-order valence-corrected chi connectivity index (χ0v) is 25.8. The number of nitrogens with one attached hydrogen (secondary N) is 2. The fraction of sp³-hybridized carbons (Fsp3) is 0.464. The van der Waals surface area contributed by atoms with Crippen molar-refractivity contribution in [3.8, 4) is 0 Å². The van der Waals surface area contributed by atoms with E-state index in [1.54, 1.807) is 53.7 Å². The first-order chi connectivity index (χ1) is 19.9. The van der Waals surface area contributed by atoms with E-state index in [4.69, 9.17) is 15.2 Å². The smallest absolute Gasteiger partial charge is 0.417 e. The third-order valence-corrected chi connectivity index (χ3v) is 7.31. The van der Waals surface area contributed by atoms with Gasteiger partial charge in [0.2, 0.25) is 11.8 Å². The standard InChI is InChI=1S/C28H38N6O8S/c1-27(2,3)41-25(37)33-17-19(34(23(35)16-29)26(38)42-28(4,5)6)15-21(33)24(36)31-18-10-12-20(13-11-18)43(39,40)32-22-9-7-8-14-30-22/h7-14,19,21H,15-17,29H2,1-6H3,(H,30,32)(H,31,36)/t19-,21+/m1/s1. The monoisotopic (exact) mass is 618 g/mol. The first kappa shape index (κ1) is 33.3. The zero-order chi connectivity index (χ0) is 32.2. The fourth-order valence-corrected chi connectivity index (χ4v) is 5.21. The van der Waals surface area contributed by atoms with Crippen molar-refractivity contribution in [2.24, 2.45) is 5.73 Å². The number of pyridine rings is 1. The third kappa shape index (κ3) is 9.12. The molecule has 0 spiro atoms. The molecule has 1 saturated heterocycles. The van der Waals surface area contributed by atoms with Crippen LogP contribution in [0.15, 0.2) is 53.6 Å². The molecule has 14 nitrogen and oxygen atoms in total. The van der Waals surface area contributed by atoms with Gasteiger partial charge in [-0.1, -0.05) is 6.07 Å². The fourth-order valence-electron chi connectivity index (χ4n) is 4.20. The Morgan fingerprint density at radius 2 is 1.63 bits per heavy atom. The number of hydrogen-bond acceptors (Lipinski definition) is 10. The van der Waals surface area contributed by atoms with Crippen LogP contribution in [0.2, 0.25) is 0 Å². The molecule has 4 N–H and O–H groups in total. The highest BCUT2D eigenvalue weighted by atomic mass is 32.2. The number of imide groups is 1. The number of amides is 4. The van der Waals surface area contributed by atoms with Crippen LogP contribution in [0, 0.1) is 0 Å². The van der Waals surface area contributed by atoms with Crippen molar-refractivity contribution in [1.29, 1.82) is 0 Å². The maximum Gasteiger partial charge on any atom is 0.417 e. The van der Waals surface area contributed by atoms with Gasteiger partial charge in [-0.25, -0.2) is 27.9 Å². The van der Waals surface area contributed by atoms with E-state index in [-0.39, 0.29) is 29.4 Å². The molecule has 1 aromatic carbocycles. The summed E-state index contributed by atoms with van der Waals surface area (Å²) in [5.74, 6) is -1.23. The van der Waals surface area contributed by atoms with E-state index in [1.165, 1.54) is 36.5 Å². The number of sulfonamides is 1. The number of nitrogens with zero attached hydrogens (tertiary/aromatic N) is 3. The van der Waals surface area contributed by atoms with Crippen LogP contribution in [-0.2, 0) is 29.1 Å². The van der Waals surface area contributed by atoms with Gasteiger partial charge in [-0.15, -0.1) is 0 Å². The van der Waals surface area contributed by atoms with Gasteiger partial charge in [0.05, 0.1) is 17.5 Å². The van der Waals surface area contributed by atoms with Crippen LogP contribution in [0.3, 0.4) is 0 Å². The highest BCUT2D eigenvalue weighted by Gasteiger charge is 2.47. The largest absolute Gasteiger partial charge is 0.444 e. The number of carbonyl (C=O) groups is 4. The molecule has 0 unspecified atom stereocenters. The van der Waals surface area contributed by atoms with Crippen molar-refractivity contribution in [2.45, 2.75) is 76.1 Å². The summed E-state index contributed by atoms with van der Waals surface area (Å²) in [7, 11) is -3.95. The first-order valence-corrected chi connectivity index (χ1v) is 15.0. The SMILES string of the molecule is CC(C)(C)OC(=O)N1C[C@H](N(C(=O)CN)C(=O)OC(C)(C)C)C[C@H]1C(=O)Nc1ccc(S(=O)(=O)Nc2ccccn2)cc1. The number of benzene rings is 1. The quantitative estimate of drug-likeness (QED) is 0.416. The average Bonchev–Trinajstić information content (AvgIpc) is 3.32. The van der Waals surface area contributed by atoms with Crippen LogP contribution < -0.4 is 15.8 Å². The lowest BCUT2D eigenvalue weighted by atomic mass is 10.1. The summed E-state index contributed by atoms with van der Waals surface area (Å²) in [6, 6.07) is 8.09. The van der Waals surface area contributed by atoms with Crippen LogP contribution >= 0.6 is 0 Å². The van der Waals surface area contributed by atoms with E-state index in [2.05, 4.69) is 15.0 Å². The molecule has 1 fully saturated rings. The van der Waals surface area contributed by atoms with Gasteiger partial charge in [0.15, 0.2) is 0 Å². The second kappa shape index (κ2) is 13.0. The van der Waals surface area contributed by atoms with Crippen molar-refractivity contribution < 1.29 is 37.1 Å². The topological polar surface area (TPSA) is 190 Å². The van der Waals surface area contributed by atoms with Crippen molar-refractivity contribution in [2.75, 3.05) is 23.1 Å². The number of carbonyl (C=O) groups excluding carboxylic acids is 4. The van der Waals surface area contributed by atoms with Crippen molar-refractivity contribution >= 4 is 45.5 Å². The van der Waals surface area contributed by atoms with Crippen LogP contribution in [0.25, 0.3) is 0 Å². The van der Waals surface area contributed by atoms with Crippen molar-refractivity contribution in [3.63, 3.8) is 0 Å². The molecule has 1 aliphatic heterocycles. The minimum atomic E-state index is -3.95. The van der Waals surface area contributed by atoms with E-state index in [9.17, 15) is 27.6 Å². The number of ether oxygens (including phenoxy) is 2. The Hall–Kier alpha value is -4.24. The molecule has 4 amide bonds. The molecule has 0 bridgehead atoms. The lowest BCUT2D eigenvalue weighted by Gasteiger charge is -2.30. The molecule has 0 radical (unpaired) electrons. The summed E-state index contributed by atoms with van der Waals surface area (Å²) in [5, 5.41) is 2.67. The molecule has 43 heavy (non-hydrogen) atoms. The number of hydrogen-bond donors (Lipinski definition) is 3. The molecule has 15 heteroatoms. The lowest BCUT2D eigenvalue weighted by molar-refractivity contribution is -0.131. The van der Waals surface area contributed by atoms with Gasteiger partial charge >= 0.3 is 12.2 Å². The van der Waals surface area contributed by atoms with Gasteiger partial charge < -0.3 is 20.5 Å². The van der Waals surface area contributed by atoms with E-state index in [1.807, 2.05) is 0 Å². The Balaban J connectivity index is 1.83. The van der Waals surface area contributed by atoms with Gasteiger partial charge in [-0.05, 0) is 84.4 Å².